The zero-order valence-electron chi connectivity index (χ0n) is 16.3. The summed E-state index contributed by atoms with van der Waals surface area (Å²) in [5.74, 6) is 1.07. The van der Waals surface area contributed by atoms with Gasteiger partial charge in [0.2, 0.25) is 11.8 Å². The minimum absolute atomic E-state index is 0.0314. The molecule has 1 aromatic rings. The smallest absolute Gasteiger partial charge is 0.254 e. The van der Waals surface area contributed by atoms with Crippen LogP contribution in [0.25, 0.3) is 0 Å². The monoisotopic (exact) mass is 374 g/mol. The molecule has 7 nitrogen and oxygen atoms in total. The third-order valence-corrected chi connectivity index (χ3v) is 5.79. The van der Waals surface area contributed by atoms with E-state index in [0.717, 1.165) is 19.3 Å². The fourth-order valence-electron chi connectivity index (χ4n) is 4.41. The van der Waals surface area contributed by atoms with Gasteiger partial charge in [0, 0.05) is 29.8 Å². The number of hydrogen-bond acceptors (Lipinski definition) is 4. The summed E-state index contributed by atoms with van der Waals surface area (Å²) in [6, 6.07) is 0.183. The van der Waals surface area contributed by atoms with Gasteiger partial charge in [0.15, 0.2) is 0 Å². The molecule has 0 aromatic carbocycles. The minimum atomic E-state index is -0.251. The van der Waals surface area contributed by atoms with Crippen molar-refractivity contribution in [1.82, 2.24) is 20.6 Å². The van der Waals surface area contributed by atoms with Crippen molar-refractivity contribution in [3.8, 4) is 0 Å². The molecule has 3 rings (SSSR count). The van der Waals surface area contributed by atoms with E-state index in [2.05, 4.69) is 20.6 Å². The molecule has 148 valence electrons. The van der Waals surface area contributed by atoms with Gasteiger partial charge in [-0.2, -0.15) is 0 Å². The zero-order chi connectivity index (χ0) is 19.4. The normalized spacial score (nSPS) is 22.7. The fourth-order valence-corrected chi connectivity index (χ4v) is 4.41. The van der Waals surface area contributed by atoms with E-state index in [1.807, 2.05) is 0 Å². The van der Waals surface area contributed by atoms with Crippen LogP contribution in [0.2, 0.25) is 0 Å². The van der Waals surface area contributed by atoms with E-state index in [1.165, 1.54) is 25.7 Å². The quantitative estimate of drug-likeness (QED) is 0.704. The van der Waals surface area contributed by atoms with Crippen molar-refractivity contribution in [3.05, 3.63) is 27.4 Å². The molecule has 0 unspecified atom stereocenters. The molecule has 27 heavy (non-hydrogen) atoms. The van der Waals surface area contributed by atoms with Crippen LogP contribution in [0, 0.1) is 19.8 Å². The molecule has 2 fully saturated rings. The summed E-state index contributed by atoms with van der Waals surface area (Å²) in [4.78, 5) is 43.4. The highest BCUT2D eigenvalue weighted by atomic mass is 16.2. The number of aromatic amines is 1. The van der Waals surface area contributed by atoms with E-state index in [-0.39, 0.29) is 35.9 Å². The molecule has 2 atom stereocenters. The van der Waals surface area contributed by atoms with Crippen LogP contribution in [0.5, 0.6) is 0 Å². The second-order valence-electron chi connectivity index (χ2n) is 8.09. The van der Waals surface area contributed by atoms with Crippen molar-refractivity contribution >= 4 is 11.8 Å². The molecule has 0 saturated heterocycles. The molecule has 1 aromatic heterocycles. The summed E-state index contributed by atoms with van der Waals surface area (Å²) in [5, 5.41) is 6.13. The maximum Gasteiger partial charge on any atom is 0.254 e. The molecular weight excluding hydrogens is 344 g/mol. The Balaban J connectivity index is 1.44. The third kappa shape index (κ3) is 5.40. The second-order valence-corrected chi connectivity index (χ2v) is 8.09. The van der Waals surface area contributed by atoms with Gasteiger partial charge in [0.1, 0.15) is 5.82 Å². The van der Waals surface area contributed by atoms with E-state index in [0.29, 0.717) is 29.4 Å². The van der Waals surface area contributed by atoms with Crippen LogP contribution in [0.3, 0.4) is 0 Å². The summed E-state index contributed by atoms with van der Waals surface area (Å²) >= 11 is 0. The highest BCUT2D eigenvalue weighted by Crippen LogP contribution is 2.28. The lowest BCUT2D eigenvalue weighted by Crippen LogP contribution is -2.38. The number of nitrogens with zero attached hydrogens (tertiary/aromatic N) is 1. The number of nitrogens with one attached hydrogen (secondary N) is 3. The van der Waals surface area contributed by atoms with Crippen LogP contribution in [0.15, 0.2) is 4.79 Å². The third-order valence-electron chi connectivity index (χ3n) is 5.79. The maximum atomic E-state index is 12.3. The molecule has 2 aliphatic rings. The number of aryl methyl sites for hydroxylation is 2. The first-order chi connectivity index (χ1) is 12.9. The van der Waals surface area contributed by atoms with Crippen molar-refractivity contribution in [2.75, 3.05) is 0 Å². The second kappa shape index (κ2) is 8.67. The first-order valence-corrected chi connectivity index (χ1v) is 10.1. The van der Waals surface area contributed by atoms with Gasteiger partial charge in [-0.3, -0.25) is 14.4 Å². The highest BCUT2D eigenvalue weighted by molar-refractivity contribution is 5.79. The average molecular weight is 374 g/mol. The van der Waals surface area contributed by atoms with Crippen LogP contribution in [-0.2, 0) is 16.0 Å². The van der Waals surface area contributed by atoms with Gasteiger partial charge in [-0.25, -0.2) is 4.98 Å². The Hall–Kier alpha value is -2.18. The Morgan fingerprint density at radius 3 is 2.30 bits per heavy atom. The maximum absolute atomic E-state index is 12.3. The number of carbonyl (C=O) groups is 2. The van der Waals surface area contributed by atoms with Crippen molar-refractivity contribution in [3.63, 3.8) is 0 Å². The fraction of sp³-hybridized carbons (Fsp3) is 0.700. The Morgan fingerprint density at radius 2 is 1.67 bits per heavy atom. The lowest BCUT2D eigenvalue weighted by molar-refractivity contribution is -0.122. The molecule has 2 saturated carbocycles. The van der Waals surface area contributed by atoms with E-state index in [1.54, 1.807) is 13.8 Å². The number of carbonyl (C=O) groups excluding carboxylic acids is 2. The molecule has 0 spiro atoms. The Bertz CT molecular complexity index is 752. The first kappa shape index (κ1) is 19.6. The van der Waals surface area contributed by atoms with Gasteiger partial charge < -0.3 is 15.6 Å². The average Bonchev–Trinajstić information content (AvgIpc) is 3.23. The SMILES string of the molecule is Cc1nc(C)c(CC(=O)N[C@H]2CC[C@@H](NC(=O)CC3CCCC3)C2)c(=O)[nH]1. The molecule has 3 N–H and O–H groups in total. The van der Waals surface area contributed by atoms with Gasteiger partial charge in [-0.15, -0.1) is 0 Å². The van der Waals surface area contributed by atoms with E-state index >= 15 is 0 Å². The Labute approximate surface area is 159 Å². The topological polar surface area (TPSA) is 104 Å². The van der Waals surface area contributed by atoms with Crippen molar-refractivity contribution in [1.29, 1.82) is 0 Å². The molecule has 7 heteroatoms. The largest absolute Gasteiger partial charge is 0.353 e. The lowest BCUT2D eigenvalue weighted by atomic mass is 10.0. The van der Waals surface area contributed by atoms with Crippen molar-refractivity contribution in [2.45, 2.75) is 83.7 Å². The molecule has 2 aliphatic carbocycles. The van der Waals surface area contributed by atoms with Crippen LogP contribution >= 0.6 is 0 Å². The van der Waals surface area contributed by atoms with Gasteiger partial charge in [-0.05, 0) is 51.9 Å². The molecule has 1 heterocycles. The highest BCUT2D eigenvalue weighted by Gasteiger charge is 2.28. The summed E-state index contributed by atoms with van der Waals surface area (Å²) in [6.07, 6.45) is 7.98. The molecule has 0 aliphatic heterocycles. The van der Waals surface area contributed by atoms with Gasteiger partial charge in [0.25, 0.3) is 5.56 Å². The van der Waals surface area contributed by atoms with Crippen LogP contribution in [0.4, 0.5) is 0 Å². The summed E-state index contributed by atoms with van der Waals surface area (Å²) < 4.78 is 0. The van der Waals surface area contributed by atoms with E-state index in [4.69, 9.17) is 0 Å². The molecule has 0 radical (unpaired) electrons. The molecule has 2 amide bonds. The molecular formula is C20H30N4O3. The molecule has 0 bridgehead atoms. The number of aromatic nitrogens is 2. The Morgan fingerprint density at radius 1 is 1.04 bits per heavy atom. The first-order valence-electron chi connectivity index (χ1n) is 10.1. The number of hydrogen-bond donors (Lipinski definition) is 3. The number of H-pyrrole nitrogens is 1. The van der Waals surface area contributed by atoms with Gasteiger partial charge >= 0.3 is 0 Å². The van der Waals surface area contributed by atoms with E-state index < -0.39 is 0 Å². The van der Waals surface area contributed by atoms with Crippen LogP contribution in [-0.4, -0.2) is 33.9 Å². The number of rotatable bonds is 6. The predicted molar refractivity (Wildman–Crippen MR) is 102 cm³/mol. The van der Waals surface area contributed by atoms with E-state index in [9.17, 15) is 14.4 Å². The van der Waals surface area contributed by atoms with Crippen molar-refractivity contribution < 1.29 is 9.59 Å². The van der Waals surface area contributed by atoms with Gasteiger partial charge in [0.05, 0.1) is 6.42 Å². The number of amides is 2. The Kier molecular flexibility index (Phi) is 6.29. The summed E-state index contributed by atoms with van der Waals surface area (Å²) in [6.45, 7) is 3.47. The van der Waals surface area contributed by atoms with Crippen LogP contribution < -0.4 is 16.2 Å². The van der Waals surface area contributed by atoms with Gasteiger partial charge in [-0.1, -0.05) is 12.8 Å². The zero-order valence-corrected chi connectivity index (χ0v) is 16.3. The lowest BCUT2D eigenvalue weighted by Gasteiger charge is -2.16. The predicted octanol–water partition coefficient (Wildman–Crippen LogP) is 1.66. The minimum Gasteiger partial charge on any atom is -0.353 e. The van der Waals surface area contributed by atoms with Crippen molar-refractivity contribution in [2.24, 2.45) is 5.92 Å². The summed E-state index contributed by atoms with van der Waals surface area (Å²) in [7, 11) is 0. The standard InChI is InChI=1S/C20H30N4O3/c1-12-17(20(27)22-13(2)21-12)11-19(26)24-16-8-7-15(10-16)23-18(25)9-14-5-3-4-6-14/h14-16H,3-11H2,1-2H3,(H,23,25)(H,24,26)(H,21,22,27)/t15-,16+/m1/s1. The van der Waals surface area contributed by atoms with Crippen LogP contribution in [0.1, 0.15) is 68.4 Å². The summed E-state index contributed by atoms with van der Waals surface area (Å²) in [5.41, 5.74) is 0.756.